The molecule has 0 aliphatic carbocycles. The average Bonchev–Trinajstić information content (AvgIpc) is 2.62. The van der Waals surface area contributed by atoms with E-state index in [1.165, 1.54) is 23.3 Å². The van der Waals surface area contributed by atoms with Gasteiger partial charge in [0.2, 0.25) is 0 Å². The fourth-order valence-corrected chi connectivity index (χ4v) is 3.58. The molecule has 0 spiro atoms. The lowest BCUT2D eigenvalue weighted by Crippen LogP contribution is -2.12. The van der Waals surface area contributed by atoms with E-state index >= 15 is 0 Å². The lowest BCUT2D eigenvalue weighted by molar-refractivity contribution is 0.601. The van der Waals surface area contributed by atoms with E-state index in [9.17, 15) is 8.42 Å². The van der Waals surface area contributed by atoms with Gasteiger partial charge in [0, 0.05) is 22.9 Å². The quantitative estimate of drug-likeness (QED) is 0.622. The van der Waals surface area contributed by atoms with Gasteiger partial charge in [0.15, 0.2) is 0 Å². The molecular formula is C20H19ClN2O2S. The molecule has 0 saturated heterocycles. The summed E-state index contributed by atoms with van der Waals surface area (Å²) in [6, 6.07) is 21.5. The number of aryl methyl sites for hydroxylation is 1. The molecule has 2 N–H and O–H groups in total. The Bertz CT molecular complexity index is 968. The number of benzene rings is 3. The highest BCUT2D eigenvalue weighted by atomic mass is 35.5. The summed E-state index contributed by atoms with van der Waals surface area (Å²) < 4.78 is 27.3. The van der Waals surface area contributed by atoms with Crippen LogP contribution >= 0.6 is 11.6 Å². The predicted molar refractivity (Wildman–Crippen MR) is 107 cm³/mol. The van der Waals surface area contributed by atoms with Gasteiger partial charge in [0.1, 0.15) is 0 Å². The van der Waals surface area contributed by atoms with Crippen molar-refractivity contribution in [2.75, 3.05) is 10.0 Å². The van der Waals surface area contributed by atoms with E-state index in [0.717, 1.165) is 5.69 Å². The lowest BCUT2D eigenvalue weighted by Gasteiger charge is -2.10. The maximum absolute atomic E-state index is 12.4. The Morgan fingerprint density at radius 1 is 0.808 bits per heavy atom. The summed E-state index contributed by atoms with van der Waals surface area (Å²) in [5.41, 5.74) is 3.83. The lowest BCUT2D eigenvalue weighted by atomic mass is 10.1. The van der Waals surface area contributed by atoms with Crippen LogP contribution in [0.15, 0.2) is 77.7 Å². The van der Waals surface area contributed by atoms with Gasteiger partial charge in [0.25, 0.3) is 10.0 Å². The number of anilines is 2. The molecule has 0 fully saturated rings. The van der Waals surface area contributed by atoms with Gasteiger partial charge in [-0.3, -0.25) is 4.72 Å². The van der Waals surface area contributed by atoms with E-state index in [2.05, 4.69) is 41.2 Å². The minimum Gasteiger partial charge on any atom is -0.381 e. The standard InChI is InChI=1S/C20H19ClN2O2S/c1-15-2-4-16(5-3-15)14-22-18-8-10-19(11-9-18)23-26(24,25)20-12-6-17(21)7-13-20/h2-13,22-23H,14H2,1H3. The topological polar surface area (TPSA) is 58.2 Å². The van der Waals surface area contributed by atoms with E-state index in [1.54, 1.807) is 24.3 Å². The summed E-state index contributed by atoms with van der Waals surface area (Å²) in [5, 5.41) is 3.81. The highest BCUT2D eigenvalue weighted by Crippen LogP contribution is 2.20. The van der Waals surface area contributed by atoms with Crippen LogP contribution in [-0.2, 0) is 16.6 Å². The highest BCUT2D eigenvalue weighted by molar-refractivity contribution is 7.92. The Hall–Kier alpha value is -2.50. The maximum atomic E-state index is 12.4. The number of sulfonamides is 1. The smallest absolute Gasteiger partial charge is 0.261 e. The normalized spacial score (nSPS) is 11.2. The molecule has 0 aliphatic rings. The molecule has 26 heavy (non-hydrogen) atoms. The van der Waals surface area contributed by atoms with Crippen molar-refractivity contribution in [2.24, 2.45) is 0 Å². The molecule has 0 aliphatic heterocycles. The first-order valence-corrected chi connectivity index (χ1v) is 9.96. The number of halogens is 1. The molecule has 0 saturated carbocycles. The van der Waals surface area contributed by atoms with Crippen molar-refractivity contribution in [1.82, 2.24) is 0 Å². The van der Waals surface area contributed by atoms with Crippen LogP contribution in [-0.4, -0.2) is 8.42 Å². The van der Waals surface area contributed by atoms with E-state index in [1.807, 2.05) is 12.1 Å². The molecule has 0 heterocycles. The summed E-state index contributed by atoms with van der Waals surface area (Å²) in [6.45, 7) is 2.76. The molecule has 0 unspecified atom stereocenters. The molecule has 0 atom stereocenters. The molecule has 3 aromatic rings. The van der Waals surface area contributed by atoms with Gasteiger partial charge in [-0.05, 0) is 61.0 Å². The minimum atomic E-state index is -3.63. The number of rotatable bonds is 6. The van der Waals surface area contributed by atoms with Crippen LogP contribution in [0.1, 0.15) is 11.1 Å². The van der Waals surface area contributed by atoms with Crippen LogP contribution in [0.25, 0.3) is 0 Å². The van der Waals surface area contributed by atoms with Crippen LogP contribution in [0.4, 0.5) is 11.4 Å². The van der Waals surface area contributed by atoms with Gasteiger partial charge < -0.3 is 5.32 Å². The molecule has 0 bridgehead atoms. The van der Waals surface area contributed by atoms with Gasteiger partial charge in [-0.2, -0.15) is 0 Å². The molecule has 3 aromatic carbocycles. The number of hydrogen-bond acceptors (Lipinski definition) is 3. The Kier molecular flexibility index (Phi) is 5.49. The zero-order valence-corrected chi connectivity index (χ0v) is 15.8. The van der Waals surface area contributed by atoms with Gasteiger partial charge in [-0.15, -0.1) is 0 Å². The maximum Gasteiger partial charge on any atom is 0.261 e. The van der Waals surface area contributed by atoms with E-state index in [0.29, 0.717) is 17.3 Å². The van der Waals surface area contributed by atoms with E-state index < -0.39 is 10.0 Å². The number of nitrogens with one attached hydrogen (secondary N) is 2. The molecule has 0 aromatic heterocycles. The van der Waals surface area contributed by atoms with Crippen LogP contribution in [0.5, 0.6) is 0 Å². The largest absolute Gasteiger partial charge is 0.381 e. The Balaban J connectivity index is 1.63. The van der Waals surface area contributed by atoms with Crippen molar-refractivity contribution in [3.05, 3.63) is 88.9 Å². The van der Waals surface area contributed by atoms with Crippen molar-refractivity contribution < 1.29 is 8.42 Å². The second kappa shape index (κ2) is 7.81. The van der Waals surface area contributed by atoms with Gasteiger partial charge in [-0.25, -0.2) is 8.42 Å². The van der Waals surface area contributed by atoms with Gasteiger partial charge >= 0.3 is 0 Å². The van der Waals surface area contributed by atoms with Crippen molar-refractivity contribution in [2.45, 2.75) is 18.4 Å². The Labute approximate surface area is 158 Å². The third kappa shape index (κ3) is 4.77. The van der Waals surface area contributed by atoms with Crippen molar-refractivity contribution >= 4 is 33.0 Å². The van der Waals surface area contributed by atoms with Gasteiger partial charge in [0.05, 0.1) is 4.90 Å². The second-order valence-electron chi connectivity index (χ2n) is 5.98. The zero-order valence-electron chi connectivity index (χ0n) is 14.2. The van der Waals surface area contributed by atoms with Crippen LogP contribution < -0.4 is 10.0 Å². The fourth-order valence-electron chi connectivity index (χ4n) is 2.39. The summed E-state index contributed by atoms with van der Waals surface area (Å²) in [7, 11) is -3.63. The van der Waals surface area contributed by atoms with Crippen LogP contribution in [0.3, 0.4) is 0 Å². The summed E-state index contributed by atoms with van der Waals surface area (Å²) in [6.07, 6.45) is 0. The average molecular weight is 387 g/mol. The Morgan fingerprint density at radius 3 is 2.00 bits per heavy atom. The zero-order chi connectivity index (χ0) is 18.6. The van der Waals surface area contributed by atoms with E-state index in [4.69, 9.17) is 11.6 Å². The first-order chi connectivity index (χ1) is 12.4. The third-order valence-electron chi connectivity index (χ3n) is 3.88. The Morgan fingerprint density at radius 2 is 1.38 bits per heavy atom. The van der Waals surface area contributed by atoms with Gasteiger partial charge in [-0.1, -0.05) is 41.4 Å². The first-order valence-electron chi connectivity index (χ1n) is 8.10. The van der Waals surface area contributed by atoms with Crippen LogP contribution in [0, 0.1) is 6.92 Å². The van der Waals surface area contributed by atoms with Crippen molar-refractivity contribution in [1.29, 1.82) is 0 Å². The summed E-state index contributed by atoms with van der Waals surface area (Å²) in [4.78, 5) is 0.170. The molecule has 0 amide bonds. The van der Waals surface area contributed by atoms with Crippen LogP contribution in [0.2, 0.25) is 5.02 Å². The summed E-state index contributed by atoms with van der Waals surface area (Å²) >= 11 is 5.80. The molecule has 3 rings (SSSR count). The molecule has 0 radical (unpaired) electrons. The van der Waals surface area contributed by atoms with Crippen molar-refractivity contribution in [3.63, 3.8) is 0 Å². The minimum absolute atomic E-state index is 0.170. The van der Waals surface area contributed by atoms with Crippen molar-refractivity contribution in [3.8, 4) is 0 Å². The molecule has 4 nitrogen and oxygen atoms in total. The summed E-state index contributed by atoms with van der Waals surface area (Å²) in [5.74, 6) is 0. The third-order valence-corrected chi connectivity index (χ3v) is 5.53. The molecule has 134 valence electrons. The molecule has 6 heteroatoms. The fraction of sp³-hybridized carbons (Fsp3) is 0.100. The predicted octanol–water partition coefficient (Wildman–Crippen LogP) is 5.06. The SMILES string of the molecule is Cc1ccc(CNc2ccc(NS(=O)(=O)c3ccc(Cl)cc3)cc2)cc1. The number of hydrogen-bond donors (Lipinski definition) is 2. The van der Waals surface area contributed by atoms with E-state index in [-0.39, 0.29) is 4.90 Å². The first kappa shape index (κ1) is 18.3. The molecular weight excluding hydrogens is 368 g/mol. The second-order valence-corrected chi connectivity index (χ2v) is 8.09. The highest BCUT2D eigenvalue weighted by Gasteiger charge is 2.13. The monoisotopic (exact) mass is 386 g/mol.